The fourth-order valence-corrected chi connectivity index (χ4v) is 21.4. The van der Waals surface area contributed by atoms with Gasteiger partial charge in [0.25, 0.3) is 39.6 Å². The number of carbonyl (C=O) groups excluding carboxylic acids is 2. The molecule has 708 valence electrons. The van der Waals surface area contributed by atoms with Gasteiger partial charge in [0.1, 0.15) is 80.1 Å². The summed E-state index contributed by atoms with van der Waals surface area (Å²) in [6.07, 6.45) is 14.7. The molecule has 2 amide bonds. The Morgan fingerprint density at radius 3 is 1.40 bits per heavy atom. The summed E-state index contributed by atoms with van der Waals surface area (Å²) in [5, 5.41) is 17.5. The van der Waals surface area contributed by atoms with E-state index in [2.05, 4.69) is 110 Å². The summed E-state index contributed by atoms with van der Waals surface area (Å²) in [6.45, 7) is 14.1. The summed E-state index contributed by atoms with van der Waals surface area (Å²) < 4.78 is 35.9. The van der Waals surface area contributed by atoms with Gasteiger partial charge in [-0.15, -0.1) is 61.8 Å². The minimum Gasteiger partial charge on any atom is -0.493 e. The first kappa shape index (κ1) is 93.0. The number of nitrogens with zero attached hydrogens (tertiary/aromatic N) is 18. The number of aryl methyl sites for hydroxylation is 2. The zero-order valence-electron chi connectivity index (χ0n) is 76.4. The third-order valence-electron chi connectivity index (χ3n) is 24.0. The van der Waals surface area contributed by atoms with Gasteiger partial charge in [-0.2, -0.15) is 0 Å². The van der Waals surface area contributed by atoms with Crippen molar-refractivity contribution in [3.8, 4) is 103 Å². The van der Waals surface area contributed by atoms with E-state index in [1.807, 2.05) is 155 Å². The number of pyridine rings is 6. The number of anilines is 1. The molecule has 0 spiro atoms. The predicted octanol–water partition coefficient (Wildman–Crippen LogP) is 16.6. The molecule has 0 saturated carbocycles. The van der Waals surface area contributed by atoms with Gasteiger partial charge < -0.3 is 58.7 Å². The zero-order chi connectivity index (χ0) is 96.7. The van der Waals surface area contributed by atoms with Gasteiger partial charge in [0.2, 0.25) is 5.88 Å². The number of H-pyrrole nitrogens is 5. The maximum Gasteiger partial charge on any atom is 0.269 e. The van der Waals surface area contributed by atoms with Gasteiger partial charge >= 0.3 is 0 Å². The Bertz CT molecular complexity index is 8310. The highest BCUT2D eigenvalue weighted by Crippen LogP contribution is 2.39. The number of rotatable bonds is 16. The molecule has 0 bridgehead atoms. The number of piperidine rings is 1. The van der Waals surface area contributed by atoms with Crippen molar-refractivity contribution in [2.75, 3.05) is 83.6 Å². The van der Waals surface area contributed by atoms with Gasteiger partial charge in [-0.3, -0.25) is 58.5 Å². The summed E-state index contributed by atoms with van der Waals surface area (Å²) in [7, 11) is 1.85. The number of likely N-dealkylation sites (tertiary alicyclic amines) is 1. The Morgan fingerprint density at radius 2 is 0.929 bits per heavy atom. The molecule has 3 aromatic carbocycles. The molecule has 5 N–H and O–H groups in total. The number of benzene rings is 3. The number of halogens is 1. The molecule has 3 fully saturated rings. The van der Waals surface area contributed by atoms with Crippen LogP contribution in [0, 0.1) is 18.7 Å². The lowest BCUT2D eigenvalue weighted by atomic mass is 10.0. The van der Waals surface area contributed by atoms with E-state index in [0.29, 0.717) is 190 Å². The second-order valence-electron chi connectivity index (χ2n) is 34.0. The maximum absolute atomic E-state index is 14.3. The first-order valence-corrected chi connectivity index (χ1v) is 49.9. The van der Waals surface area contributed by atoms with Crippen LogP contribution in [0.3, 0.4) is 0 Å². The van der Waals surface area contributed by atoms with Crippen molar-refractivity contribution in [3.63, 3.8) is 0 Å². The lowest BCUT2D eigenvalue weighted by molar-refractivity contribution is -0.0376. The fourth-order valence-electron chi connectivity index (χ4n) is 16.9. The molecule has 0 aliphatic carbocycles. The number of carbonyl (C=O) groups is 2. The number of hydrogen-bond donors (Lipinski definition) is 5. The minimum absolute atomic E-state index is 0.0149. The summed E-state index contributed by atoms with van der Waals surface area (Å²) in [5.41, 5.74) is 15.8. The van der Waals surface area contributed by atoms with Crippen molar-refractivity contribution >= 4 is 136 Å². The first-order valence-electron chi connectivity index (χ1n) is 45.5. The second kappa shape index (κ2) is 41.6. The predicted molar refractivity (Wildman–Crippen MR) is 548 cm³/mol. The quantitative estimate of drug-likeness (QED) is 0.0600. The molecule has 39 heteroatoms. The largest absolute Gasteiger partial charge is 0.493 e. The molecule has 141 heavy (non-hydrogen) atoms. The van der Waals surface area contributed by atoms with Gasteiger partial charge in [0.05, 0.1) is 64.8 Å². The molecule has 24 rings (SSSR count). The highest BCUT2D eigenvalue weighted by Gasteiger charge is 2.32. The molecular weight excluding hydrogens is 1890 g/mol. The van der Waals surface area contributed by atoms with Crippen LogP contribution in [0.2, 0.25) is 0 Å². The normalized spacial score (nSPS) is 14.2. The van der Waals surface area contributed by atoms with Crippen molar-refractivity contribution < 1.29 is 28.2 Å². The van der Waals surface area contributed by atoms with Crippen LogP contribution in [0.15, 0.2) is 246 Å². The van der Waals surface area contributed by atoms with Crippen molar-refractivity contribution in [2.24, 2.45) is 13.0 Å². The Hall–Kier alpha value is -15.7. The molecule has 3 saturated heterocycles. The summed E-state index contributed by atoms with van der Waals surface area (Å²) >= 11 is 6.63. The second-order valence-corrected chi connectivity index (χ2v) is 38.4. The van der Waals surface area contributed by atoms with Crippen LogP contribution in [0.5, 0.6) is 11.6 Å². The maximum atomic E-state index is 14.3. The first-order chi connectivity index (χ1) is 68.8. The standard InChI is InChI=1S/C23H20FN5O2S.C22H25N5O3S.C20H18N4O2S.C19H13N3O2S.C18H12N6OS/c1-14-5-6-18(16(24)12-14)28-8-10-29(11-9-28)23(31)15-13-32-20-19(15)26-21(27-22(20)30)17-4-2-3-7-25-17;28-21-19-18(24-20(25-21)17-6-2-3-7-23-17)16(14-31-19)22(29)27-10-11-30-15(13-27)12-26-8-4-1-5-9-26;1-12(2)10-26-16-7-6-13(9-22-16)14-11-27-18-17(14)23-19(24-20(18)25)15-5-3-4-8-21-15;23-19-17-16(21-18(22-19)14-3-1-2-7-20-14)13(10-25-17)11-4-5-15-12(9-11)6-8-24-15;1-24-14-8-10(5-6-12(14)22-23-24)11-9-26-16-15(11)20-17(21-18(16)25)13-4-2-3-7-19-13/h2-7,12-13H,8-11H2,1H3,(H,26,27,30);2-3,6-7,14-15H,1,4-5,8-13H2,(H,24,25,28);3-9,11-12H,10H2,1-2H3,(H,23,24,25);1-5,7,9-10H,6,8H2,(H,21,22,23);2-9H,1H3,(H,20,21,25). The molecular formula is C102H88FN23O10S5. The third-order valence-corrected chi connectivity index (χ3v) is 28.9. The van der Waals surface area contributed by atoms with E-state index in [9.17, 15) is 38.0 Å². The number of aromatic nitrogens is 19. The molecule has 1 unspecified atom stereocenters. The van der Waals surface area contributed by atoms with Gasteiger partial charge in [-0.25, -0.2) is 39.0 Å². The van der Waals surface area contributed by atoms with Crippen LogP contribution in [-0.4, -0.2) is 206 Å². The number of aromatic amines is 5. The smallest absolute Gasteiger partial charge is 0.269 e. The van der Waals surface area contributed by atoms with Crippen LogP contribution in [0.25, 0.3) is 153 Å². The molecule has 33 nitrogen and oxygen atoms in total. The third kappa shape index (κ3) is 20.4. The summed E-state index contributed by atoms with van der Waals surface area (Å²) in [4.78, 5) is 160. The lowest BCUT2D eigenvalue weighted by Gasteiger charge is -2.36. The van der Waals surface area contributed by atoms with Crippen LogP contribution < -0.4 is 42.2 Å². The number of morpholine rings is 1. The van der Waals surface area contributed by atoms with E-state index in [-0.39, 0.29) is 51.5 Å². The number of piperazine rings is 1. The average molecular weight is 1980 g/mol. The topological polar surface area (TPSA) is 412 Å². The average Bonchev–Trinajstić information content (AvgIpc) is 1.63. The number of nitrogens with one attached hydrogen (secondary N) is 5. The van der Waals surface area contributed by atoms with E-state index in [1.54, 1.807) is 87.9 Å². The SMILES string of the molecule is CC(C)COc1ccc(-c2csc3c(=O)[nH]c(-c4ccccn4)nc23)cn1.Cc1ccc(N2CCN(C(=O)c3csc4c(=O)[nH]c(-c5ccccn5)nc34)CC2)c(F)c1.Cn1nnc2ccc(-c3csc4c(=O)[nH]c(-c5ccccn5)nc34)cc21.O=C(c1csc2c(=O)[nH]c(-c3ccccn3)nc12)N1CCOC(CN2CCCCC2)C1.O=c1[nH]c(-c2ccccn2)nc2c(-c3ccc4c(c3)CCO4)csc12. The molecule has 17 aromatic heterocycles. The molecule has 0 radical (unpaired) electrons. The number of fused-ring (bicyclic) bond motifs is 7. The van der Waals surface area contributed by atoms with E-state index in [0.717, 1.165) is 88.4 Å². The Kier molecular flexibility index (Phi) is 27.4. The summed E-state index contributed by atoms with van der Waals surface area (Å²) in [5.74, 6) is 3.56. The van der Waals surface area contributed by atoms with Crippen LogP contribution >= 0.6 is 56.7 Å². The molecule has 20 aromatic rings. The number of hydrogen-bond acceptors (Lipinski definition) is 30. The van der Waals surface area contributed by atoms with Crippen LogP contribution in [0.1, 0.15) is 65.0 Å². The van der Waals surface area contributed by atoms with Crippen molar-refractivity contribution in [3.05, 3.63) is 302 Å². The van der Waals surface area contributed by atoms with E-state index in [1.165, 1.54) is 87.6 Å². The summed E-state index contributed by atoms with van der Waals surface area (Å²) in [6, 6.07) is 48.4. The van der Waals surface area contributed by atoms with Crippen molar-refractivity contribution in [1.82, 2.24) is 109 Å². The fraction of sp³-hybridized carbons (Fsp3) is 0.216. The Labute approximate surface area is 821 Å². The molecule has 21 heterocycles. The highest BCUT2D eigenvalue weighted by molar-refractivity contribution is 7.19. The van der Waals surface area contributed by atoms with Crippen LogP contribution in [0.4, 0.5) is 10.1 Å². The minimum atomic E-state index is -0.292. The number of amides is 2. The van der Waals surface area contributed by atoms with Crippen LogP contribution in [-0.2, 0) is 18.2 Å². The van der Waals surface area contributed by atoms with Gasteiger partial charge in [0, 0.05) is 152 Å². The lowest BCUT2D eigenvalue weighted by Crippen LogP contribution is -2.50. The van der Waals surface area contributed by atoms with E-state index in [4.69, 9.17) is 19.2 Å². The van der Waals surface area contributed by atoms with Gasteiger partial charge in [0.15, 0.2) is 29.1 Å². The Balaban J connectivity index is 0.000000108. The number of thiophene rings is 5. The zero-order valence-corrected chi connectivity index (χ0v) is 80.5. The van der Waals surface area contributed by atoms with E-state index < -0.39 is 0 Å². The van der Waals surface area contributed by atoms with Crippen molar-refractivity contribution in [2.45, 2.75) is 52.6 Å². The molecule has 4 aliphatic rings. The molecule has 4 aliphatic heterocycles. The number of ether oxygens (including phenoxy) is 3. The highest BCUT2D eigenvalue weighted by atomic mass is 32.1. The molecule has 1 atom stereocenters. The van der Waals surface area contributed by atoms with Gasteiger partial charge in [-0.05, 0) is 164 Å². The van der Waals surface area contributed by atoms with Gasteiger partial charge in [-0.1, -0.05) is 74.0 Å². The Morgan fingerprint density at radius 1 is 0.475 bits per heavy atom. The monoisotopic (exact) mass is 1970 g/mol. The van der Waals surface area contributed by atoms with Crippen molar-refractivity contribution in [1.29, 1.82) is 0 Å². The van der Waals surface area contributed by atoms with E-state index >= 15 is 0 Å².